The summed E-state index contributed by atoms with van der Waals surface area (Å²) in [5.41, 5.74) is 2.60. The smallest absolute Gasteiger partial charge is 0.243 e. The third-order valence-corrected chi connectivity index (χ3v) is 2.99. The highest BCUT2D eigenvalue weighted by atomic mass is 16.1. The molecule has 2 nitrogen and oxygen atoms in total. The molecular formula is C13H15NO. The van der Waals surface area contributed by atoms with Gasteiger partial charge in [-0.15, -0.1) is 0 Å². The van der Waals surface area contributed by atoms with Crippen LogP contribution in [0.4, 0.5) is 0 Å². The first-order valence-electron chi connectivity index (χ1n) is 5.24. The van der Waals surface area contributed by atoms with Crippen LogP contribution in [0.15, 0.2) is 36.9 Å². The number of carbonyl (C=O) groups excluding carboxylic acids is 1. The second kappa shape index (κ2) is 3.89. The van der Waals surface area contributed by atoms with Crippen molar-refractivity contribution < 1.29 is 4.79 Å². The van der Waals surface area contributed by atoms with Crippen LogP contribution >= 0.6 is 0 Å². The Morgan fingerprint density at radius 1 is 1.47 bits per heavy atom. The van der Waals surface area contributed by atoms with Crippen molar-refractivity contribution in [2.24, 2.45) is 0 Å². The van der Waals surface area contributed by atoms with E-state index in [0.29, 0.717) is 5.92 Å². The molecule has 1 amide bonds. The Bertz CT molecular complexity index is 397. The highest BCUT2D eigenvalue weighted by molar-refractivity contribution is 5.87. The molecule has 15 heavy (non-hydrogen) atoms. The number of hydrogen-bond donors (Lipinski definition) is 1. The standard InChI is InChI=1S/C13H15NO/c1-3-13(15)14-12-8-9(2)10-6-4-5-7-11(10)12/h3-7,9,12H,1,8H2,2H3,(H,14,15). The molecule has 2 rings (SSSR count). The Hall–Kier alpha value is -1.57. The predicted octanol–water partition coefficient (Wildman–Crippen LogP) is 2.54. The summed E-state index contributed by atoms with van der Waals surface area (Å²) in [6.07, 6.45) is 2.31. The summed E-state index contributed by atoms with van der Waals surface area (Å²) >= 11 is 0. The SMILES string of the molecule is C=CC(=O)NC1CC(C)c2ccccc21. The molecule has 2 heteroatoms. The van der Waals surface area contributed by atoms with Crippen molar-refractivity contribution in [3.8, 4) is 0 Å². The van der Waals surface area contributed by atoms with Gasteiger partial charge in [-0.2, -0.15) is 0 Å². The molecule has 0 heterocycles. The van der Waals surface area contributed by atoms with Gasteiger partial charge in [-0.1, -0.05) is 37.8 Å². The average Bonchev–Trinajstić information content (AvgIpc) is 2.57. The van der Waals surface area contributed by atoms with Crippen LogP contribution in [-0.4, -0.2) is 5.91 Å². The van der Waals surface area contributed by atoms with Crippen LogP contribution in [0.3, 0.4) is 0 Å². The first-order chi connectivity index (χ1) is 7.22. The van der Waals surface area contributed by atoms with Crippen LogP contribution in [-0.2, 0) is 4.79 Å². The second-order valence-corrected chi connectivity index (χ2v) is 4.03. The summed E-state index contributed by atoms with van der Waals surface area (Å²) in [4.78, 5) is 11.3. The molecule has 2 atom stereocenters. The van der Waals surface area contributed by atoms with E-state index in [2.05, 4.69) is 31.0 Å². The van der Waals surface area contributed by atoms with Crippen molar-refractivity contribution in [1.82, 2.24) is 5.32 Å². The Morgan fingerprint density at radius 3 is 2.80 bits per heavy atom. The Balaban J connectivity index is 2.24. The van der Waals surface area contributed by atoms with Gasteiger partial charge in [-0.05, 0) is 29.5 Å². The van der Waals surface area contributed by atoms with E-state index >= 15 is 0 Å². The third kappa shape index (κ3) is 1.80. The minimum absolute atomic E-state index is 0.0936. The molecule has 2 unspecified atom stereocenters. The molecule has 0 fully saturated rings. The number of carbonyl (C=O) groups is 1. The number of rotatable bonds is 2. The van der Waals surface area contributed by atoms with E-state index < -0.39 is 0 Å². The van der Waals surface area contributed by atoms with Crippen LogP contribution in [0.2, 0.25) is 0 Å². The molecule has 0 spiro atoms. The van der Waals surface area contributed by atoms with Crippen LogP contribution < -0.4 is 5.32 Å². The molecule has 0 radical (unpaired) electrons. The summed E-state index contributed by atoms with van der Waals surface area (Å²) in [5, 5.41) is 2.96. The van der Waals surface area contributed by atoms with Gasteiger partial charge >= 0.3 is 0 Å². The molecule has 1 aliphatic carbocycles. The van der Waals surface area contributed by atoms with E-state index in [0.717, 1.165) is 6.42 Å². The highest BCUT2D eigenvalue weighted by Gasteiger charge is 2.27. The Labute approximate surface area is 90.0 Å². The molecule has 0 aliphatic heterocycles. The lowest BCUT2D eigenvalue weighted by atomic mass is 10.0. The van der Waals surface area contributed by atoms with Gasteiger partial charge in [0.05, 0.1) is 6.04 Å². The fourth-order valence-electron chi connectivity index (χ4n) is 2.25. The largest absolute Gasteiger partial charge is 0.346 e. The van der Waals surface area contributed by atoms with E-state index in [1.54, 1.807) is 0 Å². The highest BCUT2D eigenvalue weighted by Crippen LogP contribution is 2.39. The van der Waals surface area contributed by atoms with Gasteiger partial charge in [-0.25, -0.2) is 0 Å². The zero-order valence-corrected chi connectivity index (χ0v) is 8.86. The van der Waals surface area contributed by atoms with Crippen LogP contribution in [0.25, 0.3) is 0 Å². The number of amides is 1. The molecule has 0 aromatic heterocycles. The van der Waals surface area contributed by atoms with Gasteiger partial charge in [0, 0.05) is 0 Å². The van der Waals surface area contributed by atoms with Crippen LogP contribution in [0.1, 0.15) is 36.4 Å². The molecule has 1 aromatic carbocycles. The minimum atomic E-state index is -0.0936. The lowest BCUT2D eigenvalue weighted by Crippen LogP contribution is -2.24. The zero-order valence-electron chi connectivity index (χ0n) is 8.86. The van der Waals surface area contributed by atoms with E-state index in [1.165, 1.54) is 17.2 Å². The molecule has 0 saturated heterocycles. The summed E-state index contributed by atoms with van der Waals surface area (Å²) in [6, 6.07) is 8.45. The van der Waals surface area contributed by atoms with E-state index in [1.807, 2.05) is 12.1 Å². The maximum Gasteiger partial charge on any atom is 0.243 e. The lowest BCUT2D eigenvalue weighted by molar-refractivity contribution is -0.117. The lowest BCUT2D eigenvalue weighted by Gasteiger charge is -2.12. The van der Waals surface area contributed by atoms with Crippen LogP contribution in [0.5, 0.6) is 0 Å². The van der Waals surface area contributed by atoms with Gasteiger partial charge in [0.15, 0.2) is 0 Å². The summed E-state index contributed by atoms with van der Waals surface area (Å²) in [7, 11) is 0. The van der Waals surface area contributed by atoms with Crippen molar-refractivity contribution >= 4 is 5.91 Å². The monoisotopic (exact) mass is 201 g/mol. The molecule has 0 saturated carbocycles. The van der Waals surface area contributed by atoms with Gasteiger partial charge in [0.1, 0.15) is 0 Å². The maximum atomic E-state index is 11.3. The first-order valence-corrected chi connectivity index (χ1v) is 5.24. The van der Waals surface area contributed by atoms with Crippen LogP contribution in [0, 0.1) is 0 Å². The topological polar surface area (TPSA) is 29.1 Å². The minimum Gasteiger partial charge on any atom is -0.346 e. The molecule has 1 aliphatic rings. The maximum absolute atomic E-state index is 11.3. The van der Waals surface area contributed by atoms with Crippen molar-refractivity contribution in [3.63, 3.8) is 0 Å². The molecule has 78 valence electrons. The second-order valence-electron chi connectivity index (χ2n) is 4.03. The quantitative estimate of drug-likeness (QED) is 0.732. The van der Waals surface area contributed by atoms with Crippen molar-refractivity contribution in [2.75, 3.05) is 0 Å². The van der Waals surface area contributed by atoms with Crippen molar-refractivity contribution in [3.05, 3.63) is 48.0 Å². The normalized spacial score (nSPS) is 23.3. The Morgan fingerprint density at radius 2 is 2.13 bits per heavy atom. The van der Waals surface area contributed by atoms with Crippen molar-refractivity contribution in [2.45, 2.75) is 25.3 Å². The van der Waals surface area contributed by atoms with Gasteiger partial charge in [-0.3, -0.25) is 4.79 Å². The fraction of sp³-hybridized carbons (Fsp3) is 0.308. The number of nitrogens with one attached hydrogen (secondary N) is 1. The third-order valence-electron chi connectivity index (χ3n) is 2.99. The predicted molar refractivity (Wildman–Crippen MR) is 60.6 cm³/mol. The summed E-state index contributed by atoms with van der Waals surface area (Å²) < 4.78 is 0. The number of benzene rings is 1. The van der Waals surface area contributed by atoms with Gasteiger partial charge in [0.25, 0.3) is 0 Å². The zero-order chi connectivity index (χ0) is 10.8. The van der Waals surface area contributed by atoms with E-state index in [-0.39, 0.29) is 11.9 Å². The molecule has 0 bridgehead atoms. The van der Waals surface area contributed by atoms with Gasteiger partial charge in [0.2, 0.25) is 5.91 Å². The van der Waals surface area contributed by atoms with Crippen molar-refractivity contribution in [1.29, 1.82) is 0 Å². The molecule has 1 aromatic rings. The molecule has 1 N–H and O–H groups in total. The summed E-state index contributed by atoms with van der Waals surface area (Å²) in [5.74, 6) is 0.431. The summed E-state index contributed by atoms with van der Waals surface area (Å²) in [6.45, 7) is 5.66. The first kappa shape index (κ1) is 9.97. The molecular weight excluding hydrogens is 186 g/mol. The Kier molecular flexibility index (Phi) is 2.58. The van der Waals surface area contributed by atoms with E-state index in [9.17, 15) is 4.79 Å². The van der Waals surface area contributed by atoms with E-state index in [4.69, 9.17) is 0 Å². The number of hydrogen-bond acceptors (Lipinski definition) is 1. The number of fused-ring (bicyclic) bond motifs is 1. The fourth-order valence-corrected chi connectivity index (χ4v) is 2.25. The average molecular weight is 201 g/mol. The van der Waals surface area contributed by atoms with Gasteiger partial charge < -0.3 is 5.32 Å².